The summed E-state index contributed by atoms with van der Waals surface area (Å²) in [4.78, 5) is 54.1. The van der Waals surface area contributed by atoms with E-state index in [4.69, 9.17) is 18.9 Å². The number of carbonyl (C=O) groups excluding carboxylic acids is 3. The summed E-state index contributed by atoms with van der Waals surface area (Å²) in [5, 5.41) is 2.95. The van der Waals surface area contributed by atoms with Crippen molar-refractivity contribution < 1.29 is 33.3 Å². The van der Waals surface area contributed by atoms with Gasteiger partial charge in [0.15, 0.2) is 29.9 Å². The summed E-state index contributed by atoms with van der Waals surface area (Å²) in [6.07, 6.45) is -2.89. The molecule has 0 bridgehead atoms. The number of fused-ring (bicyclic) bond motifs is 2. The number of anilines is 2. The summed E-state index contributed by atoms with van der Waals surface area (Å²) in [5.74, 6) is -1.65. The Hall–Kier alpha value is -3.15. The van der Waals surface area contributed by atoms with Gasteiger partial charge in [0.2, 0.25) is 5.91 Å². The lowest BCUT2D eigenvalue weighted by atomic mass is 9.96. The Morgan fingerprint density at radius 1 is 1.17 bits per heavy atom. The first-order valence-electron chi connectivity index (χ1n) is 8.83. The van der Waals surface area contributed by atoms with Crippen LogP contribution >= 0.6 is 0 Å². The van der Waals surface area contributed by atoms with Gasteiger partial charge in [-0.1, -0.05) is 0 Å². The van der Waals surface area contributed by atoms with Gasteiger partial charge in [-0.05, 0) is 0 Å². The van der Waals surface area contributed by atoms with Crippen LogP contribution in [0, 0.1) is 0 Å². The third kappa shape index (κ3) is 3.62. The highest BCUT2D eigenvalue weighted by Gasteiger charge is 2.52. The van der Waals surface area contributed by atoms with Gasteiger partial charge >= 0.3 is 17.9 Å². The number of aromatic nitrogens is 2. The summed E-state index contributed by atoms with van der Waals surface area (Å²) in [6, 6.07) is -0.932. The zero-order valence-electron chi connectivity index (χ0n) is 16.6. The van der Waals surface area contributed by atoms with Gasteiger partial charge in [-0.15, -0.1) is 0 Å². The topological polar surface area (TPSA) is 138 Å². The van der Waals surface area contributed by atoms with E-state index in [2.05, 4.69) is 10.3 Å². The van der Waals surface area contributed by atoms with Crippen LogP contribution in [0.2, 0.25) is 0 Å². The molecule has 2 aliphatic rings. The predicted octanol–water partition coefficient (Wildman–Crippen LogP) is -0.844. The maximum atomic E-state index is 12.9. The number of nitrogens with one attached hydrogen (secondary N) is 1. The van der Waals surface area contributed by atoms with Gasteiger partial charge in [-0.2, -0.15) is 4.98 Å². The number of methoxy groups -OCH3 is 1. The maximum absolute atomic E-state index is 12.9. The zero-order valence-corrected chi connectivity index (χ0v) is 16.6. The number of esters is 2. The normalized spacial score (nSPS) is 25.2. The van der Waals surface area contributed by atoms with Crippen LogP contribution in [0.25, 0.3) is 0 Å². The highest BCUT2D eigenvalue weighted by atomic mass is 16.6. The van der Waals surface area contributed by atoms with Gasteiger partial charge in [0.25, 0.3) is 5.56 Å². The molecule has 2 unspecified atom stereocenters. The van der Waals surface area contributed by atoms with Gasteiger partial charge in [0.05, 0.1) is 13.7 Å². The smallest absolute Gasteiger partial charge is 0.303 e. The van der Waals surface area contributed by atoms with Crippen LogP contribution in [0.5, 0.6) is 6.01 Å². The molecule has 0 spiro atoms. The average molecular weight is 410 g/mol. The SMILES string of the molecule is COc1nc2c(c(=O)n1C)N(C(C)=O)C1C(N2)OC[C@@H](OC(C)=O)[C@H]1OC(C)=O. The molecule has 0 radical (unpaired) electrons. The zero-order chi connectivity index (χ0) is 21.5. The van der Waals surface area contributed by atoms with E-state index in [1.165, 1.54) is 34.9 Å². The molecule has 2 aliphatic heterocycles. The Balaban J connectivity index is 2.15. The van der Waals surface area contributed by atoms with Crippen molar-refractivity contribution in [2.75, 3.05) is 23.9 Å². The van der Waals surface area contributed by atoms with Crippen LogP contribution in [0.1, 0.15) is 20.8 Å². The molecule has 0 saturated carbocycles. The van der Waals surface area contributed by atoms with Crippen molar-refractivity contribution in [2.45, 2.75) is 45.2 Å². The van der Waals surface area contributed by atoms with Gasteiger partial charge in [-0.3, -0.25) is 28.6 Å². The minimum absolute atomic E-state index is 0.0355. The highest BCUT2D eigenvalue weighted by Crippen LogP contribution is 2.36. The Bertz CT molecular complexity index is 913. The molecular weight excluding hydrogens is 388 g/mol. The summed E-state index contributed by atoms with van der Waals surface area (Å²) in [6.45, 7) is 3.58. The number of rotatable bonds is 3. The predicted molar refractivity (Wildman–Crippen MR) is 97.4 cm³/mol. The Labute approximate surface area is 165 Å². The second-order valence-corrected chi connectivity index (χ2v) is 6.66. The summed E-state index contributed by atoms with van der Waals surface area (Å²) < 4.78 is 22.6. The van der Waals surface area contributed by atoms with Crippen LogP contribution in [-0.2, 0) is 35.6 Å². The first-order chi connectivity index (χ1) is 13.6. The van der Waals surface area contributed by atoms with Crippen LogP contribution in [-0.4, -0.2) is 65.6 Å². The van der Waals surface area contributed by atoms with Crippen LogP contribution in [0.15, 0.2) is 4.79 Å². The van der Waals surface area contributed by atoms with Crippen LogP contribution < -0.4 is 20.5 Å². The lowest BCUT2D eigenvalue weighted by Crippen LogP contribution is -2.68. The van der Waals surface area contributed by atoms with Crippen molar-refractivity contribution in [3.63, 3.8) is 0 Å². The van der Waals surface area contributed by atoms with E-state index in [0.717, 1.165) is 9.47 Å². The fourth-order valence-corrected chi connectivity index (χ4v) is 3.57. The fraction of sp³-hybridized carbons (Fsp3) is 0.588. The third-order valence-electron chi connectivity index (χ3n) is 4.64. The summed E-state index contributed by atoms with van der Waals surface area (Å²) in [7, 11) is 2.81. The maximum Gasteiger partial charge on any atom is 0.303 e. The van der Waals surface area contributed by atoms with E-state index < -0.39 is 47.9 Å². The first-order valence-corrected chi connectivity index (χ1v) is 8.83. The molecule has 3 rings (SSSR count). The van der Waals surface area contributed by atoms with E-state index in [1.54, 1.807) is 0 Å². The fourth-order valence-electron chi connectivity index (χ4n) is 3.57. The van der Waals surface area contributed by atoms with Crippen molar-refractivity contribution >= 4 is 29.4 Å². The lowest BCUT2D eigenvalue weighted by Gasteiger charge is -2.48. The van der Waals surface area contributed by atoms with Crippen molar-refractivity contribution in [3.05, 3.63) is 10.4 Å². The summed E-state index contributed by atoms with van der Waals surface area (Å²) >= 11 is 0. The molecule has 158 valence electrons. The van der Waals surface area contributed by atoms with Crippen molar-refractivity contribution in [1.82, 2.24) is 9.55 Å². The van der Waals surface area contributed by atoms with Crippen LogP contribution in [0.3, 0.4) is 0 Å². The average Bonchev–Trinajstić information content (AvgIpc) is 2.64. The molecule has 12 heteroatoms. The monoisotopic (exact) mass is 410 g/mol. The van der Waals surface area contributed by atoms with E-state index >= 15 is 0 Å². The van der Waals surface area contributed by atoms with Gasteiger partial charge in [0.1, 0.15) is 6.04 Å². The Morgan fingerprint density at radius 3 is 2.38 bits per heavy atom. The second-order valence-electron chi connectivity index (χ2n) is 6.66. The summed E-state index contributed by atoms with van der Waals surface area (Å²) in [5.41, 5.74) is -0.601. The van der Waals surface area contributed by atoms with E-state index in [9.17, 15) is 19.2 Å². The molecular formula is C17H22N4O8. The first kappa shape index (κ1) is 20.6. The van der Waals surface area contributed by atoms with E-state index in [1.807, 2.05) is 0 Å². The largest absolute Gasteiger partial charge is 0.468 e. The van der Waals surface area contributed by atoms with Gasteiger partial charge in [0, 0.05) is 27.8 Å². The molecule has 12 nitrogen and oxygen atoms in total. The number of amides is 1. The number of hydrogen-bond acceptors (Lipinski definition) is 10. The minimum Gasteiger partial charge on any atom is -0.468 e. The second kappa shape index (κ2) is 7.70. The van der Waals surface area contributed by atoms with Crippen molar-refractivity contribution in [3.8, 4) is 6.01 Å². The Morgan fingerprint density at radius 2 is 1.83 bits per heavy atom. The van der Waals surface area contributed by atoms with Crippen LogP contribution in [0.4, 0.5) is 11.5 Å². The van der Waals surface area contributed by atoms with E-state index in [-0.39, 0.29) is 24.1 Å². The molecule has 3 heterocycles. The highest BCUT2D eigenvalue weighted by molar-refractivity contribution is 5.96. The number of carbonyl (C=O) groups is 3. The number of ether oxygens (including phenoxy) is 4. The lowest BCUT2D eigenvalue weighted by molar-refractivity contribution is -0.190. The molecule has 0 aromatic carbocycles. The molecule has 1 N–H and O–H groups in total. The molecule has 29 heavy (non-hydrogen) atoms. The molecule has 1 saturated heterocycles. The van der Waals surface area contributed by atoms with E-state index in [0.29, 0.717) is 0 Å². The Kier molecular flexibility index (Phi) is 5.46. The molecule has 0 aliphatic carbocycles. The van der Waals surface area contributed by atoms with Gasteiger partial charge < -0.3 is 24.3 Å². The molecule has 1 fully saturated rings. The number of nitrogens with zero attached hydrogens (tertiary/aromatic N) is 3. The molecule has 4 atom stereocenters. The molecule has 1 aromatic heterocycles. The number of hydrogen-bond donors (Lipinski definition) is 1. The standard InChI is InChI=1S/C17H22N4O8/c1-7(22)21-11-13(29-9(3)24)10(28-8(2)23)6-27-15(11)18-14-12(21)16(25)20(4)17(19-14)26-5/h10-11,13,15,18H,6H2,1-5H3/t10-,11?,13-,15?/m1/s1. The molecule has 1 amide bonds. The minimum atomic E-state index is -1.06. The van der Waals surface area contributed by atoms with Crippen molar-refractivity contribution in [2.24, 2.45) is 7.05 Å². The third-order valence-corrected chi connectivity index (χ3v) is 4.64. The molecule has 1 aromatic rings. The van der Waals surface area contributed by atoms with Gasteiger partial charge in [-0.25, -0.2) is 0 Å². The quantitative estimate of drug-likeness (QED) is 0.627. The van der Waals surface area contributed by atoms with Crippen molar-refractivity contribution in [1.29, 1.82) is 0 Å².